The van der Waals surface area contributed by atoms with Crippen LogP contribution in [-0.2, 0) is 0 Å². The molecular formula is C14H15NO2. The lowest BCUT2D eigenvalue weighted by Crippen LogP contribution is -1.92. The van der Waals surface area contributed by atoms with Crippen molar-refractivity contribution < 1.29 is 4.92 Å². The van der Waals surface area contributed by atoms with Gasteiger partial charge in [0.25, 0.3) is 0 Å². The molecule has 0 amide bonds. The van der Waals surface area contributed by atoms with Crippen molar-refractivity contribution in [3.63, 3.8) is 0 Å². The van der Waals surface area contributed by atoms with E-state index in [1.165, 1.54) is 18.1 Å². The number of nitro groups is 1. The quantitative estimate of drug-likeness (QED) is 0.583. The Morgan fingerprint density at radius 3 is 1.41 bits per heavy atom. The molecular weight excluding hydrogens is 214 g/mol. The highest BCUT2D eigenvalue weighted by Crippen LogP contribution is 2.17. The predicted octanol–water partition coefficient (Wildman–Crippen LogP) is 3.64. The van der Waals surface area contributed by atoms with Gasteiger partial charge in [-0.2, -0.15) is 0 Å². The smallest absolute Gasteiger partial charge is 0.201 e. The van der Waals surface area contributed by atoms with Crippen molar-refractivity contribution in [2.24, 2.45) is 0 Å². The van der Waals surface area contributed by atoms with Crippen LogP contribution in [0.1, 0.15) is 6.92 Å². The number of hydrogen-bond donors (Lipinski definition) is 0. The lowest BCUT2D eigenvalue weighted by Gasteiger charge is -1.98. The molecule has 0 spiro atoms. The van der Waals surface area contributed by atoms with Crippen LogP contribution in [0.5, 0.6) is 0 Å². The van der Waals surface area contributed by atoms with Gasteiger partial charge in [-0.15, -0.1) is 0 Å². The van der Waals surface area contributed by atoms with Gasteiger partial charge in [0.2, 0.25) is 6.54 Å². The van der Waals surface area contributed by atoms with Gasteiger partial charge in [0, 0.05) is 11.8 Å². The molecule has 0 bridgehead atoms. The molecule has 0 heterocycles. The van der Waals surface area contributed by atoms with Crippen molar-refractivity contribution in [1.82, 2.24) is 0 Å². The Morgan fingerprint density at radius 2 is 1.18 bits per heavy atom. The molecule has 0 aliphatic rings. The molecule has 2 rings (SSSR count). The minimum absolute atomic E-state index is 0.0278. The average Bonchev–Trinajstić information content (AvgIpc) is 2.41. The maximum Gasteiger partial charge on any atom is 0.201 e. The van der Waals surface area contributed by atoms with Crippen LogP contribution in [0.2, 0.25) is 0 Å². The van der Waals surface area contributed by atoms with Gasteiger partial charge in [-0.25, -0.2) is 0 Å². The normalized spacial score (nSPS) is 9.00. The van der Waals surface area contributed by atoms with E-state index in [2.05, 4.69) is 48.5 Å². The standard InChI is InChI=1S/C12H10.C2H5NO2/c1-3-7-11(8-4-1)12-9-5-2-6-10-12;1-2-3(4)5/h1-10H;2H2,1H3. The molecule has 88 valence electrons. The van der Waals surface area contributed by atoms with Crippen molar-refractivity contribution in [3.05, 3.63) is 70.8 Å². The van der Waals surface area contributed by atoms with Crippen LogP contribution in [0.25, 0.3) is 11.1 Å². The topological polar surface area (TPSA) is 43.1 Å². The Kier molecular flexibility index (Phi) is 5.44. The maximum atomic E-state index is 9.17. The second-order valence-electron chi connectivity index (χ2n) is 3.38. The number of rotatable bonds is 2. The molecule has 17 heavy (non-hydrogen) atoms. The summed E-state index contributed by atoms with van der Waals surface area (Å²) in [6.45, 7) is 1.53. The Hall–Kier alpha value is -2.16. The number of hydrogen-bond acceptors (Lipinski definition) is 2. The monoisotopic (exact) mass is 229 g/mol. The molecule has 0 aromatic heterocycles. The average molecular weight is 229 g/mol. The highest BCUT2D eigenvalue weighted by Gasteiger charge is 1.91. The van der Waals surface area contributed by atoms with E-state index in [0.29, 0.717) is 0 Å². The molecule has 0 radical (unpaired) electrons. The van der Waals surface area contributed by atoms with E-state index >= 15 is 0 Å². The van der Waals surface area contributed by atoms with Crippen molar-refractivity contribution in [3.8, 4) is 11.1 Å². The molecule has 0 N–H and O–H groups in total. The van der Waals surface area contributed by atoms with Gasteiger partial charge in [-0.05, 0) is 11.1 Å². The van der Waals surface area contributed by atoms with Gasteiger partial charge in [-0.1, -0.05) is 60.7 Å². The third kappa shape index (κ3) is 4.93. The van der Waals surface area contributed by atoms with Crippen LogP contribution in [0.3, 0.4) is 0 Å². The van der Waals surface area contributed by atoms with E-state index in [-0.39, 0.29) is 11.5 Å². The van der Waals surface area contributed by atoms with Crippen LogP contribution in [0, 0.1) is 10.1 Å². The van der Waals surface area contributed by atoms with Crippen LogP contribution < -0.4 is 0 Å². The van der Waals surface area contributed by atoms with Crippen molar-refractivity contribution in [2.75, 3.05) is 6.54 Å². The second-order valence-corrected chi connectivity index (χ2v) is 3.38. The summed E-state index contributed by atoms with van der Waals surface area (Å²) in [7, 11) is 0. The minimum atomic E-state index is -0.375. The van der Waals surface area contributed by atoms with E-state index in [4.69, 9.17) is 0 Å². The fraction of sp³-hybridized carbons (Fsp3) is 0.143. The predicted molar refractivity (Wildman–Crippen MR) is 69.4 cm³/mol. The van der Waals surface area contributed by atoms with E-state index in [1.54, 1.807) is 0 Å². The number of benzene rings is 2. The van der Waals surface area contributed by atoms with Crippen LogP contribution in [0.15, 0.2) is 60.7 Å². The van der Waals surface area contributed by atoms with Crippen molar-refractivity contribution >= 4 is 0 Å². The van der Waals surface area contributed by atoms with E-state index in [9.17, 15) is 10.1 Å². The molecule has 0 fully saturated rings. The molecule has 0 unspecified atom stereocenters. The zero-order valence-corrected chi connectivity index (χ0v) is 9.74. The van der Waals surface area contributed by atoms with Gasteiger partial charge in [-0.3, -0.25) is 10.1 Å². The minimum Gasteiger partial charge on any atom is -0.265 e. The first kappa shape index (κ1) is 12.9. The third-order valence-electron chi connectivity index (χ3n) is 2.14. The Labute approximate surface area is 101 Å². The van der Waals surface area contributed by atoms with Gasteiger partial charge >= 0.3 is 0 Å². The molecule has 2 aromatic rings. The van der Waals surface area contributed by atoms with Crippen LogP contribution in [0.4, 0.5) is 0 Å². The zero-order valence-electron chi connectivity index (χ0n) is 9.74. The summed E-state index contributed by atoms with van der Waals surface area (Å²) in [6.07, 6.45) is 0. The summed E-state index contributed by atoms with van der Waals surface area (Å²) < 4.78 is 0. The molecule has 2 aromatic carbocycles. The Balaban J connectivity index is 0.000000249. The molecule has 3 heteroatoms. The number of nitrogens with zero attached hydrogens (tertiary/aromatic N) is 1. The summed E-state index contributed by atoms with van der Waals surface area (Å²) >= 11 is 0. The van der Waals surface area contributed by atoms with E-state index in [1.807, 2.05) is 12.1 Å². The SMILES string of the molecule is CC[N+](=O)[O-].c1ccc(-c2ccccc2)cc1. The molecule has 0 saturated heterocycles. The van der Waals surface area contributed by atoms with E-state index < -0.39 is 0 Å². The van der Waals surface area contributed by atoms with Gasteiger partial charge in [0.1, 0.15) is 0 Å². The third-order valence-corrected chi connectivity index (χ3v) is 2.14. The largest absolute Gasteiger partial charge is 0.265 e. The highest BCUT2D eigenvalue weighted by atomic mass is 16.6. The first-order valence-corrected chi connectivity index (χ1v) is 5.46. The molecule has 3 nitrogen and oxygen atoms in total. The zero-order chi connectivity index (χ0) is 12.5. The molecule has 0 aliphatic heterocycles. The first-order chi connectivity index (χ1) is 8.24. The highest BCUT2D eigenvalue weighted by molar-refractivity contribution is 5.62. The lowest BCUT2D eigenvalue weighted by atomic mass is 10.1. The van der Waals surface area contributed by atoms with Crippen LogP contribution in [-0.4, -0.2) is 11.5 Å². The first-order valence-electron chi connectivity index (χ1n) is 5.46. The lowest BCUT2D eigenvalue weighted by molar-refractivity contribution is -0.475. The fourth-order valence-electron chi connectivity index (χ4n) is 1.26. The summed E-state index contributed by atoms with van der Waals surface area (Å²) in [4.78, 5) is 8.80. The van der Waals surface area contributed by atoms with Crippen molar-refractivity contribution in [1.29, 1.82) is 0 Å². The molecule has 0 saturated carbocycles. The second kappa shape index (κ2) is 7.17. The van der Waals surface area contributed by atoms with Gasteiger partial charge in [0.15, 0.2) is 0 Å². The maximum absolute atomic E-state index is 9.17. The fourth-order valence-corrected chi connectivity index (χ4v) is 1.26. The summed E-state index contributed by atoms with van der Waals surface area (Å²) in [5.74, 6) is 0. The summed E-state index contributed by atoms with van der Waals surface area (Å²) in [6, 6.07) is 20.8. The summed E-state index contributed by atoms with van der Waals surface area (Å²) in [5.41, 5.74) is 2.55. The Bertz CT molecular complexity index is 403. The Morgan fingerprint density at radius 1 is 0.882 bits per heavy atom. The van der Waals surface area contributed by atoms with Gasteiger partial charge < -0.3 is 0 Å². The van der Waals surface area contributed by atoms with Crippen molar-refractivity contribution in [2.45, 2.75) is 6.92 Å². The molecule has 0 aliphatic carbocycles. The molecule has 0 atom stereocenters. The van der Waals surface area contributed by atoms with E-state index in [0.717, 1.165) is 0 Å². The summed E-state index contributed by atoms with van der Waals surface area (Å²) in [5, 5.41) is 9.17. The van der Waals surface area contributed by atoms with Gasteiger partial charge in [0.05, 0.1) is 0 Å². The van der Waals surface area contributed by atoms with Crippen LogP contribution >= 0.6 is 0 Å².